The summed E-state index contributed by atoms with van der Waals surface area (Å²) in [6.45, 7) is 12.6. The maximum Gasteiger partial charge on any atom is 0.357 e. The van der Waals surface area contributed by atoms with Gasteiger partial charge in [-0.25, -0.2) is 9.78 Å². The number of nitrogens with zero attached hydrogens (tertiary/aromatic N) is 6. The predicted molar refractivity (Wildman–Crippen MR) is 172 cm³/mol. The van der Waals surface area contributed by atoms with Crippen molar-refractivity contribution in [2.24, 2.45) is 4.99 Å². The van der Waals surface area contributed by atoms with Crippen LogP contribution in [0.1, 0.15) is 35.8 Å². The molecular weight excluding hydrogens is 605 g/mol. The molecule has 0 spiro atoms. The third kappa shape index (κ3) is 8.78. The minimum atomic E-state index is -1.21. The number of thiazole rings is 2. The van der Waals surface area contributed by atoms with E-state index in [0.717, 1.165) is 26.6 Å². The molecule has 0 atom stereocenters. The van der Waals surface area contributed by atoms with Gasteiger partial charge in [0.1, 0.15) is 6.73 Å². The largest absolute Gasteiger partial charge is 0.466 e. The Morgan fingerprint density at radius 1 is 1.16 bits per heavy atom. The Balaban J connectivity index is 1.64. The second-order valence-electron chi connectivity index (χ2n) is 11.0. The lowest BCUT2D eigenvalue weighted by atomic mass is 10.2. The molecule has 0 amide bonds. The lowest BCUT2D eigenvalue weighted by Crippen LogP contribution is -2.23. The van der Waals surface area contributed by atoms with Crippen molar-refractivity contribution in [1.29, 1.82) is 0 Å². The van der Waals surface area contributed by atoms with Crippen molar-refractivity contribution in [1.82, 2.24) is 19.7 Å². The third-order valence-corrected chi connectivity index (χ3v) is 10.0. The van der Waals surface area contributed by atoms with Crippen LogP contribution in [0.25, 0.3) is 10.2 Å². The molecule has 1 aromatic carbocycles. The Bertz CT molecular complexity index is 1630. The fraction of sp³-hybridized carbons (Fsp3) is 0.448. The van der Waals surface area contributed by atoms with Crippen LogP contribution in [0.5, 0.6) is 0 Å². The highest BCUT2D eigenvalue weighted by molar-refractivity contribution is 7.16. The number of carbonyl (C=O) groups is 2. The number of aromatic nitrogens is 4. The number of hydrogen-bond donors (Lipinski definition) is 0. The molecule has 0 aliphatic heterocycles. The van der Waals surface area contributed by atoms with Gasteiger partial charge in [-0.1, -0.05) is 43.1 Å². The summed E-state index contributed by atoms with van der Waals surface area (Å²) in [7, 11) is 0.109. The average molecular weight is 643 g/mol. The number of fused-ring (bicyclic) bond motifs is 1. The van der Waals surface area contributed by atoms with Crippen LogP contribution in [-0.2, 0) is 25.7 Å². The average Bonchev–Trinajstić information content (AvgIpc) is 3.59. The SMILES string of the molecule is CCOC(=O)CCCN(c1cc(C)c(/N=c2\sc3ccccc3n2COCC[Si](C)(C)C)nn1)c1nc(C(=O)OC)cs1. The van der Waals surface area contributed by atoms with Gasteiger partial charge >= 0.3 is 11.9 Å². The quantitative estimate of drug-likeness (QED) is 0.0917. The Kier molecular flexibility index (Phi) is 11.2. The molecule has 3 heterocycles. The minimum Gasteiger partial charge on any atom is -0.466 e. The van der Waals surface area contributed by atoms with E-state index in [1.807, 2.05) is 30.0 Å². The summed E-state index contributed by atoms with van der Waals surface area (Å²) >= 11 is 2.86. The van der Waals surface area contributed by atoms with E-state index in [4.69, 9.17) is 19.2 Å². The molecule has 43 heavy (non-hydrogen) atoms. The molecule has 4 aromatic rings. The second kappa shape index (κ2) is 14.8. The van der Waals surface area contributed by atoms with Crippen molar-refractivity contribution < 1.29 is 23.8 Å². The minimum absolute atomic E-state index is 0.204. The number of para-hydroxylation sites is 1. The van der Waals surface area contributed by atoms with Crippen LogP contribution >= 0.6 is 22.7 Å². The zero-order valence-corrected chi connectivity index (χ0v) is 28.1. The Morgan fingerprint density at radius 2 is 1.95 bits per heavy atom. The van der Waals surface area contributed by atoms with Crippen molar-refractivity contribution in [3.63, 3.8) is 0 Å². The number of carbonyl (C=O) groups excluding carboxylic acids is 2. The van der Waals surface area contributed by atoms with Gasteiger partial charge in [0.15, 0.2) is 27.3 Å². The molecule has 0 radical (unpaired) electrons. The highest BCUT2D eigenvalue weighted by Gasteiger charge is 2.20. The van der Waals surface area contributed by atoms with Crippen LogP contribution < -0.4 is 9.70 Å². The zero-order valence-electron chi connectivity index (χ0n) is 25.5. The number of hydrogen-bond acceptors (Lipinski definition) is 12. The van der Waals surface area contributed by atoms with Gasteiger partial charge in [0, 0.05) is 33.0 Å². The Morgan fingerprint density at radius 3 is 2.67 bits per heavy atom. The lowest BCUT2D eigenvalue weighted by Gasteiger charge is -2.20. The summed E-state index contributed by atoms with van der Waals surface area (Å²) in [4.78, 5) is 36.0. The van der Waals surface area contributed by atoms with Crippen molar-refractivity contribution in [2.75, 3.05) is 31.8 Å². The van der Waals surface area contributed by atoms with Crippen molar-refractivity contribution in [3.8, 4) is 0 Å². The fourth-order valence-corrected chi connectivity index (χ4v) is 6.68. The normalized spacial score (nSPS) is 12.1. The van der Waals surface area contributed by atoms with Crippen LogP contribution in [0.2, 0.25) is 25.7 Å². The number of ether oxygens (including phenoxy) is 3. The molecule has 0 bridgehead atoms. The third-order valence-electron chi connectivity index (χ3n) is 6.41. The number of rotatable bonds is 14. The Hall–Kier alpha value is -3.46. The summed E-state index contributed by atoms with van der Waals surface area (Å²) in [6.07, 6.45) is 0.740. The van der Waals surface area contributed by atoms with Gasteiger partial charge in [0.05, 0.1) is 23.9 Å². The second-order valence-corrected chi connectivity index (χ2v) is 18.5. The highest BCUT2D eigenvalue weighted by Crippen LogP contribution is 2.30. The van der Waals surface area contributed by atoms with E-state index in [1.165, 1.54) is 18.4 Å². The molecule has 11 nitrogen and oxygen atoms in total. The first-order chi connectivity index (χ1) is 20.6. The van der Waals surface area contributed by atoms with E-state index in [2.05, 4.69) is 51.5 Å². The van der Waals surface area contributed by atoms with E-state index in [9.17, 15) is 9.59 Å². The van der Waals surface area contributed by atoms with Gasteiger partial charge in [-0.3, -0.25) is 9.36 Å². The molecule has 0 saturated carbocycles. The van der Waals surface area contributed by atoms with Crippen molar-refractivity contribution in [2.45, 2.75) is 59.1 Å². The van der Waals surface area contributed by atoms with Gasteiger partial charge in [0.25, 0.3) is 0 Å². The van der Waals surface area contributed by atoms with Gasteiger partial charge < -0.3 is 19.1 Å². The fourth-order valence-electron chi connectivity index (χ4n) is 4.07. The molecule has 4 rings (SSSR count). The predicted octanol–water partition coefficient (Wildman–Crippen LogP) is 6.07. The summed E-state index contributed by atoms with van der Waals surface area (Å²) < 4.78 is 19.2. The molecule has 0 aliphatic carbocycles. The molecule has 0 aliphatic rings. The summed E-state index contributed by atoms with van der Waals surface area (Å²) in [5.74, 6) is 0.234. The zero-order chi connectivity index (χ0) is 31.0. The first kappa shape index (κ1) is 32.5. The molecular formula is C29H38N6O5S2Si. The number of aryl methyl sites for hydroxylation is 1. The molecule has 0 saturated heterocycles. The van der Waals surface area contributed by atoms with Crippen LogP contribution in [0.4, 0.5) is 16.8 Å². The maximum absolute atomic E-state index is 12.0. The molecule has 0 N–H and O–H groups in total. The molecule has 14 heteroatoms. The summed E-state index contributed by atoms with van der Waals surface area (Å²) in [5.41, 5.74) is 2.07. The summed E-state index contributed by atoms with van der Waals surface area (Å²) in [5, 5.41) is 11.2. The Labute approximate surface area is 260 Å². The van der Waals surface area contributed by atoms with Crippen LogP contribution in [0.15, 0.2) is 40.7 Å². The first-order valence-electron chi connectivity index (χ1n) is 14.1. The van der Waals surface area contributed by atoms with Crippen molar-refractivity contribution in [3.05, 3.63) is 51.8 Å². The number of esters is 2. The number of benzene rings is 1. The molecule has 230 valence electrons. The van der Waals surface area contributed by atoms with E-state index < -0.39 is 14.0 Å². The van der Waals surface area contributed by atoms with Crippen molar-refractivity contribution >= 4 is 69.7 Å². The smallest absolute Gasteiger partial charge is 0.357 e. The van der Waals surface area contributed by atoms with Gasteiger partial charge in [0.2, 0.25) is 0 Å². The number of anilines is 2. The standard InChI is InChI=1S/C29H38N6O5S2Si/c1-7-40-25(36)13-10-14-34(28-30-21(18-41-28)27(37)38-3)24-17-20(2)26(33-32-24)31-29-35(19-39-15-16-43(4,5)6)22-11-8-9-12-23(22)42-29/h8-9,11-12,17-18H,7,10,13-16,19H2,1-6H3/b31-29-. The van der Waals surface area contributed by atoms with Gasteiger partial charge in [-0.05, 0) is 50.1 Å². The summed E-state index contributed by atoms with van der Waals surface area (Å²) in [6, 6.07) is 11.1. The monoisotopic (exact) mass is 642 g/mol. The van der Waals surface area contributed by atoms with Gasteiger partial charge in [-0.2, -0.15) is 4.99 Å². The van der Waals surface area contributed by atoms with Crippen LogP contribution in [-0.4, -0.2) is 66.6 Å². The molecule has 3 aromatic heterocycles. The van der Waals surface area contributed by atoms with Crippen LogP contribution in [0, 0.1) is 6.92 Å². The first-order valence-corrected chi connectivity index (χ1v) is 19.5. The highest BCUT2D eigenvalue weighted by atomic mass is 32.1. The lowest BCUT2D eigenvalue weighted by molar-refractivity contribution is -0.143. The molecule has 0 unspecified atom stereocenters. The van der Waals surface area contributed by atoms with E-state index in [0.29, 0.717) is 49.7 Å². The maximum atomic E-state index is 12.0. The van der Waals surface area contributed by atoms with E-state index >= 15 is 0 Å². The topological polar surface area (TPSA) is 121 Å². The number of methoxy groups -OCH3 is 1. The van der Waals surface area contributed by atoms with E-state index in [1.54, 1.807) is 23.6 Å². The van der Waals surface area contributed by atoms with E-state index in [-0.39, 0.29) is 18.1 Å². The van der Waals surface area contributed by atoms with Crippen LogP contribution in [0.3, 0.4) is 0 Å². The van der Waals surface area contributed by atoms with Gasteiger partial charge in [-0.15, -0.1) is 21.5 Å². The molecule has 0 fully saturated rings.